The molecule has 1 N–H and O–H groups in total. The van der Waals surface area contributed by atoms with Crippen LogP contribution in [-0.4, -0.2) is 26.7 Å². The Labute approximate surface area is 105 Å². The highest BCUT2D eigenvalue weighted by Gasteiger charge is 2.30. The second-order valence-corrected chi connectivity index (χ2v) is 5.89. The number of nitrogens with one attached hydrogen (secondary N) is 1. The maximum Gasteiger partial charge on any atom is 0.417 e. The van der Waals surface area contributed by atoms with Crippen LogP contribution >= 0.6 is 0 Å². The van der Waals surface area contributed by atoms with Crippen LogP contribution in [0.3, 0.4) is 0 Å². The summed E-state index contributed by atoms with van der Waals surface area (Å²) in [5.41, 5.74) is -0.752. The number of aromatic nitrogens is 1. The molecule has 1 aromatic heterocycles. The number of anilines is 1. The monoisotopic (exact) mass is 278 g/mol. The summed E-state index contributed by atoms with van der Waals surface area (Å²) < 4.78 is 48.1. The van der Waals surface area contributed by atoms with Crippen molar-refractivity contribution in [2.24, 2.45) is 0 Å². The molecule has 1 aromatic rings. The fourth-order valence-corrected chi connectivity index (χ4v) is 3.09. The van der Waals surface area contributed by atoms with Crippen molar-refractivity contribution in [1.82, 2.24) is 4.98 Å². The van der Waals surface area contributed by atoms with Crippen molar-refractivity contribution in [3.8, 4) is 0 Å². The Balaban J connectivity index is 1.96. The van der Waals surface area contributed by atoms with Gasteiger partial charge in [0.15, 0.2) is 0 Å². The molecule has 1 aliphatic rings. The number of rotatable bonds is 2. The van der Waals surface area contributed by atoms with E-state index in [1.165, 1.54) is 6.07 Å². The van der Waals surface area contributed by atoms with Gasteiger partial charge in [-0.25, -0.2) is 4.98 Å². The average molecular weight is 278 g/mol. The molecule has 3 nitrogen and oxygen atoms in total. The fourth-order valence-electron chi connectivity index (χ4n) is 1.79. The number of pyridine rings is 1. The third kappa shape index (κ3) is 3.44. The first-order chi connectivity index (χ1) is 8.45. The van der Waals surface area contributed by atoms with Crippen LogP contribution in [0.2, 0.25) is 0 Å². The van der Waals surface area contributed by atoms with Crippen LogP contribution in [0, 0.1) is 0 Å². The van der Waals surface area contributed by atoms with E-state index in [-0.39, 0.29) is 6.04 Å². The second kappa shape index (κ2) is 5.26. The molecule has 18 heavy (non-hydrogen) atoms. The Kier molecular flexibility index (Phi) is 3.89. The maximum atomic E-state index is 12.3. The lowest BCUT2D eigenvalue weighted by molar-refractivity contribution is -0.137. The number of hydrogen-bond acceptors (Lipinski definition) is 3. The van der Waals surface area contributed by atoms with Gasteiger partial charge in [0.05, 0.1) is 5.56 Å². The van der Waals surface area contributed by atoms with E-state index in [0.29, 0.717) is 17.3 Å². The molecule has 0 spiro atoms. The lowest BCUT2D eigenvalue weighted by atomic mass is 10.1. The first-order valence-corrected chi connectivity index (χ1v) is 7.09. The van der Waals surface area contributed by atoms with E-state index in [2.05, 4.69) is 10.3 Å². The Hall–Kier alpha value is -1.11. The molecule has 2 heterocycles. The van der Waals surface area contributed by atoms with Gasteiger partial charge in [-0.05, 0) is 25.0 Å². The standard InChI is InChI=1S/C11H13F3N2OS/c12-11(13,14)8-1-2-10(15-7-8)16-9-3-5-18(17)6-4-9/h1-2,7,9H,3-6H2,(H,15,16). The van der Waals surface area contributed by atoms with Crippen molar-refractivity contribution in [2.75, 3.05) is 16.8 Å². The minimum atomic E-state index is -4.35. The normalized spacial score (nSPS) is 24.8. The topological polar surface area (TPSA) is 42.0 Å². The minimum Gasteiger partial charge on any atom is -0.367 e. The zero-order valence-corrected chi connectivity index (χ0v) is 10.4. The average Bonchev–Trinajstić information content (AvgIpc) is 2.32. The number of alkyl halides is 3. The molecule has 0 aromatic carbocycles. The minimum absolute atomic E-state index is 0.145. The zero-order chi connectivity index (χ0) is 13.2. The largest absolute Gasteiger partial charge is 0.417 e. The first-order valence-electron chi connectivity index (χ1n) is 5.60. The summed E-state index contributed by atoms with van der Waals surface area (Å²) in [4.78, 5) is 3.75. The Morgan fingerprint density at radius 2 is 1.94 bits per heavy atom. The van der Waals surface area contributed by atoms with Crippen LogP contribution in [0.1, 0.15) is 18.4 Å². The van der Waals surface area contributed by atoms with Crippen LogP contribution in [-0.2, 0) is 17.0 Å². The van der Waals surface area contributed by atoms with Crippen LogP contribution in [0.4, 0.5) is 19.0 Å². The van der Waals surface area contributed by atoms with E-state index in [1.807, 2.05) is 0 Å². The van der Waals surface area contributed by atoms with E-state index in [1.54, 1.807) is 0 Å². The van der Waals surface area contributed by atoms with E-state index >= 15 is 0 Å². The van der Waals surface area contributed by atoms with Crippen molar-refractivity contribution in [1.29, 1.82) is 0 Å². The van der Waals surface area contributed by atoms with Crippen molar-refractivity contribution in [3.05, 3.63) is 23.9 Å². The molecule has 0 amide bonds. The predicted molar refractivity (Wildman–Crippen MR) is 63.8 cm³/mol. The Bertz CT molecular complexity index is 423. The van der Waals surface area contributed by atoms with Crippen molar-refractivity contribution in [2.45, 2.75) is 25.1 Å². The molecule has 0 bridgehead atoms. The predicted octanol–water partition coefficient (Wildman–Crippen LogP) is 2.42. The fraction of sp³-hybridized carbons (Fsp3) is 0.545. The van der Waals surface area contributed by atoms with Gasteiger partial charge in [-0.15, -0.1) is 0 Å². The van der Waals surface area contributed by atoms with Crippen LogP contribution < -0.4 is 5.32 Å². The molecule has 1 aliphatic heterocycles. The van der Waals surface area contributed by atoms with E-state index in [0.717, 1.165) is 25.1 Å². The molecular weight excluding hydrogens is 265 g/mol. The van der Waals surface area contributed by atoms with Gasteiger partial charge in [-0.3, -0.25) is 4.21 Å². The summed E-state index contributed by atoms with van der Waals surface area (Å²) in [5.74, 6) is 1.71. The van der Waals surface area contributed by atoms with Gasteiger partial charge in [-0.2, -0.15) is 13.2 Å². The molecule has 1 saturated heterocycles. The molecule has 0 radical (unpaired) electrons. The summed E-state index contributed by atoms with van der Waals surface area (Å²) in [5, 5.41) is 3.07. The van der Waals surface area contributed by atoms with Crippen LogP contribution in [0.25, 0.3) is 0 Å². The third-order valence-electron chi connectivity index (χ3n) is 2.83. The summed E-state index contributed by atoms with van der Waals surface area (Å²) in [6.45, 7) is 0. The first kappa shape index (κ1) is 13.3. The quantitative estimate of drug-likeness (QED) is 0.903. The second-order valence-electron chi connectivity index (χ2n) is 4.20. The van der Waals surface area contributed by atoms with Crippen LogP contribution in [0.5, 0.6) is 0 Å². The van der Waals surface area contributed by atoms with E-state index in [9.17, 15) is 17.4 Å². The van der Waals surface area contributed by atoms with Crippen molar-refractivity contribution >= 4 is 16.6 Å². The van der Waals surface area contributed by atoms with Gasteiger partial charge in [0.1, 0.15) is 5.82 Å². The van der Waals surface area contributed by atoms with Crippen molar-refractivity contribution in [3.63, 3.8) is 0 Å². The van der Waals surface area contributed by atoms with E-state index < -0.39 is 22.5 Å². The molecule has 1 fully saturated rings. The molecule has 100 valence electrons. The van der Waals surface area contributed by atoms with Crippen molar-refractivity contribution < 1.29 is 17.4 Å². The smallest absolute Gasteiger partial charge is 0.367 e. The molecule has 0 aliphatic carbocycles. The molecule has 0 unspecified atom stereocenters. The third-order valence-corrected chi connectivity index (χ3v) is 4.21. The highest BCUT2D eigenvalue weighted by Crippen LogP contribution is 2.29. The molecular formula is C11H13F3N2OS. The highest BCUT2D eigenvalue weighted by atomic mass is 32.2. The van der Waals surface area contributed by atoms with Gasteiger partial charge < -0.3 is 5.32 Å². The lowest BCUT2D eigenvalue weighted by Gasteiger charge is -2.23. The molecule has 2 rings (SSSR count). The van der Waals surface area contributed by atoms with E-state index in [4.69, 9.17) is 0 Å². The number of nitrogens with zero attached hydrogens (tertiary/aromatic N) is 1. The number of halogens is 3. The summed E-state index contributed by atoms with van der Waals surface area (Å²) in [6, 6.07) is 2.48. The van der Waals surface area contributed by atoms with Gasteiger partial charge in [0, 0.05) is 34.5 Å². The summed E-state index contributed by atoms with van der Waals surface area (Å²) in [7, 11) is -0.744. The van der Waals surface area contributed by atoms with Gasteiger partial charge >= 0.3 is 6.18 Å². The SMILES string of the molecule is O=S1CCC(Nc2ccc(C(F)(F)F)cn2)CC1. The highest BCUT2D eigenvalue weighted by molar-refractivity contribution is 7.85. The molecule has 0 saturated carbocycles. The zero-order valence-electron chi connectivity index (χ0n) is 9.54. The maximum absolute atomic E-state index is 12.3. The van der Waals surface area contributed by atoms with Gasteiger partial charge in [0.2, 0.25) is 0 Å². The van der Waals surface area contributed by atoms with Crippen LogP contribution in [0.15, 0.2) is 18.3 Å². The van der Waals surface area contributed by atoms with Gasteiger partial charge in [-0.1, -0.05) is 0 Å². The lowest BCUT2D eigenvalue weighted by Crippen LogP contribution is -2.29. The Morgan fingerprint density at radius 1 is 1.28 bits per heavy atom. The van der Waals surface area contributed by atoms with Gasteiger partial charge in [0.25, 0.3) is 0 Å². The number of hydrogen-bond donors (Lipinski definition) is 1. The summed E-state index contributed by atoms with van der Waals surface area (Å²) >= 11 is 0. The molecule has 7 heteroatoms. The summed E-state index contributed by atoms with van der Waals surface area (Å²) in [6.07, 6.45) is -2.01. The Morgan fingerprint density at radius 3 is 2.44 bits per heavy atom. The molecule has 0 atom stereocenters.